The first kappa shape index (κ1) is 17.3. The van der Waals surface area contributed by atoms with Crippen LogP contribution in [0.4, 0.5) is 4.79 Å². The summed E-state index contributed by atoms with van der Waals surface area (Å²) in [7, 11) is 0. The van der Waals surface area contributed by atoms with Crippen molar-refractivity contribution in [3.8, 4) is 0 Å². The van der Waals surface area contributed by atoms with Crippen LogP contribution in [-0.2, 0) is 16.1 Å². The van der Waals surface area contributed by atoms with Crippen LogP contribution in [0.5, 0.6) is 0 Å². The predicted molar refractivity (Wildman–Crippen MR) is 87.0 cm³/mol. The summed E-state index contributed by atoms with van der Waals surface area (Å²) in [6.07, 6.45) is 5.61. The summed E-state index contributed by atoms with van der Waals surface area (Å²) >= 11 is 0. The Bertz CT molecular complexity index is 503. The van der Waals surface area contributed by atoms with Gasteiger partial charge in [0.1, 0.15) is 6.61 Å². The topological polar surface area (TPSA) is 75.6 Å². The van der Waals surface area contributed by atoms with Crippen LogP contribution in [0.2, 0.25) is 0 Å². The maximum Gasteiger partial charge on any atom is 0.407 e. The molecule has 1 aromatic carbocycles. The van der Waals surface area contributed by atoms with Crippen molar-refractivity contribution in [1.82, 2.24) is 5.32 Å². The highest BCUT2D eigenvalue weighted by Crippen LogP contribution is 2.25. The maximum absolute atomic E-state index is 12.0. The Morgan fingerprint density at radius 1 is 1.09 bits per heavy atom. The van der Waals surface area contributed by atoms with E-state index in [4.69, 9.17) is 9.84 Å². The molecule has 0 radical (unpaired) electrons. The predicted octanol–water partition coefficient (Wildman–Crippen LogP) is 3.73. The zero-order chi connectivity index (χ0) is 16.5. The molecule has 5 nitrogen and oxygen atoms in total. The molecule has 0 bridgehead atoms. The van der Waals surface area contributed by atoms with Gasteiger partial charge >= 0.3 is 12.1 Å². The normalized spacial score (nSPS) is 21.7. The van der Waals surface area contributed by atoms with Crippen LogP contribution in [0.3, 0.4) is 0 Å². The second-order valence-electron chi connectivity index (χ2n) is 6.16. The van der Waals surface area contributed by atoms with Crippen molar-refractivity contribution in [2.24, 2.45) is 5.92 Å². The van der Waals surface area contributed by atoms with Gasteiger partial charge in [-0.15, -0.1) is 0 Å². The Labute approximate surface area is 137 Å². The number of carbonyl (C=O) groups is 2. The molecule has 1 aliphatic rings. The van der Waals surface area contributed by atoms with Crippen LogP contribution in [0, 0.1) is 5.92 Å². The number of carbonyl (C=O) groups excluding carboxylic acids is 1. The minimum atomic E-state index is -0.806. The molecule has 0 aromatic heterocycles. The van der Waals surface area contributed by atoms with E-state index in [0.29, 0.717) is 0 Å². The van der Waals surface area contributed by atoms with Crippen LogP contribution in [0.1, 0.15) is 50.5 Å². The summed E-state index contributed by atoms with van der Waals surface area (Å²) in [6.45, 7) is 0.225. The quantitative estimate of drug-likeness (QED) is 0.867. The lowest BCUT2D eigenvalue weighted by Gasteiger charge is -2.28. The molecule has 0 aliphatic heterocycles. The van der Waals surface area contributed by atoms with Gasteiger partial charge in [0.25, 0.3) is 0 Å². The van der Waals surface area contributed by atoms with E-state index >= 15 is 0 Å². The number of benzene rings is 1. The SMILES string of the molecule is O=C(O)C[C@@H]1CCCCCC[C@@H]1NC(=O)OCc1ccccc1. The third-order valence-corrected chi connectivity index (χ3v) is 4.36. The molecular weight excluding hydrogens is 294 g/mol. The highest BCUT2D eigenvalue weighted by atomic mass is 16.5. The molecule has 1 saturated carbocycles. The zero-order valence-electron chi connectivity index (χ0n) is 13.4. The molecular formula is C18H25NO4. The van der Waals surface area contributed by atoms with E-state index in [1.54, 1.807) is 0 Å². The van der Waals surface area contributed by atoms with Gasteiger partial charge in [-0.05, 0) is 24.3 Å². The average Bonchev–Trinajstić information content (AvgIpc) is 2.52. The van der Waals surface area contributed by atoms with E-state index in [9.17, 15) is 9.59 Å². The standard InChI is InChI=1S/C18H25NO4/c20-17(21)12-15-10-6-1-2-7-11-16(15)19-18(22)23-13-14-8-4-3-5-9-14/h3-5,8-9,15-16H,1-2,6-7,10-13H2,(H,19,22)(H,20,21)/t15-,16-/m0/s1. The van der Waals surface area contributed by atoms with Gasteiger partial charge in [-0.3, -0.25) is 4.79 Å². The van der Waals surface area contributed by atoms with Crippen LogP contribution >= 0.6 is 0 Å². The minimum absolute atomic E-state index is 0.0166. The first-order chi connectivity index (χ1) is 11.1. The van der Waals surface area contributed by atoms with Crippen molar-refractivity contribution >= 4 is 12.1 Å². The van der Waals surface area contributed by atoms with Crippen molar-refractivity contribution in [3.05, 3.63) is 35.9 Å². The maximum atomic E-state index is 12.0. The molecule has 0 unspecified atom stereocenters. The molecule has 1 fully saturated rings. The minimum Gasteiger partial charge on any atom is -0.481 e. The average molecular weight is 319 g/mol. The molecule has 2 rings (SSSR count). The van der Waals surface area contributed by atoms with Gasteiger partial charge in [0.2, 0.25) is 0 Å². The molecule has 0 spiro atoms. The molecule has 1 amide bonds. The summed E-state index contributed by atoms with van der Waals surface area (Å²) < 4.78 is 5.26. The van der Waals surface area contributed by atoms with E-state index < -0.39 is 12.1 Å². The van der Waals surface area contributed by atoms with Crippen molar-refractivity contribution in [1.29, 1.82) is 0 Å². The molecule has 5 heteroatoms. The number of hydrogen-bond donors (Lipinski definition) is 2. The molecule has 2 atom stereocenters. The Morgan fingerprint density at radius 3 is 2.48 bits per heavy atom. The lowest BCUT2D eigenvalue weighted by atomic mass is 9.85. The van der Waals surface area contributed by atoms with Gasteiger partial charge in [0, 0.05) is 6.04 Å². The summed E-state index contributed by atoms with van der Waals surface area (Å²) in [5, 5.41) is 12.0. The largest absolute Gasteiger partial charge is 0.481 e. The molecule has 126 valence electrons. The number of hydrogen-bond acceptors (Lipinski definition) is 3. The summed E-state index contributed by atoms with van der Waals surface area (Å²) in [6, 6.07) is 9.39. The number of carboxylic acids is 1. The second-order valence-corrected chi connectivity index (χ2v) is 6.16. The molecule has 1 aromatic rings. The number of rotatable bonds is 5. The molecule has 23 heavy (non-hydrogen) atoms. The third-order valence-electron chi connectivity index (χ3n) is 4.36. The van der Waals surface area contributed by atoms with Crippen LogP contribution in [0.15, 0.2) is 30.3 Å². The Kier molecular flexibility index (Phi) is 6.91. The fourth-order valence-electron chi connectivity index (χ4n) is 3.14. The number of amides is 1. The van der Waals surface area contributed by atoms with Crippen LogP contribution in [-0.4, -0.2) is 23.2 Å². The summed E-state index contributed by atoms with van der Waals surface area (Å²) in [5.41, 5.74) is 0.933. The van der Waals surface area contributed by atoms with Gasteiger partial charge in [0.05, 0.1) is 6.42 Å². The summed E-state index contributed by atoms with van der Waals surface area (Å²) in [5.74, 6) is -0.822. The lowest BCUT2D eigenvalue weighted by molar-refractivity contribution is -0.138. The van der Waals surface area contributed by atoms with Crippen molar-refractivity contribution in [2.45, 2.75) is 57.6 Å². The van der Waals surface area contributed by atoms with Gasteiger partial charge in [-0.1, -0.05) is 56.0 Å². The zero-order valence-corrected chi connectivity index (χ0v) is 13.4. The molecule has 2 N–H and O–H groups in total. The number of alkyl carbamates (subject to hydrolysis) is 1. The third kappa shape index (κ3) is 6.30. The number of ether oxygens (including phenoxy) is 1. The Hall–Kier alpha value is -2.04. The molecule has 1 aliphatic carbocycles. The van der Waals surface area contributed by atoms with Gasteiger partial charge in [0.15, 0.2) is 0 Å². The smallest absolute Gasteiger partial charge is 0.407 e. The van der Waals surface area contributed by atoms with Crippen LogP contribution < -0.4 is 5.32 Å². The lowest BCUT2D eigenvalue weighted by Crippen LogP contribution is -2.41. The Morgan fingerprint density at radius 2 is 1.78 bits per heavy atom. The van der Waals surface area contributed by atoms with Gasteiger partial charge in [-0.2, -0.15) is 0 Å². The van der Waals surface area contributed by atoms with Gasteiger partial charge in [-0.25, -0.2) is 4.79 Å². The fraction of sp³-hybridized carbons (Fsp3) is 0.556. The van der Waals surface area contributed by atoms with E-state index in [0.717, 1.165) is 44.1 Å². The summed E-state index contributed by atoms with van der Waals surface area (Å²) in [4.78, 5) is 23.1. The van der Waals surface area contributed by atoms with Crippen molar-refractivity contribution in [2.75, 3.05) is 0 Å². The van der Waals surface area contributed by atoms with E-state index in [1.165, 1.54) is 0 Å². The first-order valence-electron chi connectivity index (χ1n) is 8.34. The number of aliphatic carboxylic acids is 1. The first-order valence-corrected chi connectivity index (χ1v) is 8.34. The van der Waals surface area contributed by atoms with Crippen molar-refractivity contribution < 1.29 is 19.4 Å². The van der Waals surface area contributed by atoms with Crippen molar-refractivity contribution in [3.63, 3.8) is 0 Å². The molecule has 0 saturated heterocycles. The highest BCUT2D eigenvalue weighted by Gasteiger charge is 2.26. The van der Waals surface area contributed by atoms with E-state index in [1.807, 2.05) is 30.3 Å². The second kappa shape index (κ2) is 9.18. The van der Waals surface area contributed by atoms with E-state index in [-0.39, 0.29) is 25.0 Å². The highest BCUT2D eigenvalue weighted by molar-refractivity contribution is 5.69. The van der Waals surface area contributed by atoms with E-state index in [2.05, 4.69) is 5.32 Å². The number of carboxylic acid groups (broad SMARTS) is 1. The Balaban J connectivity index is 1.87. The molecule has 0 heterocycles. The fourth-order valence-corrected chi connectivity index (χ4v) is 3.14. The van der Waals surface area contributed by atoms with Gasteiger partial charge < -0.3 is 15.2 Å². The monoisotopic (exact) mass is 319 g/mol. The number of nitrogens with one attached hydrogen (secondary N) is 1. The van der Waals surface area contributed by atoms with Crippen LogP contribution in [0.25, 0.3) is 0 Å².